The average Bonchev–Trinajstić information content (AvgIpc) is 3.05. The van der Waals surface area contributed by atoms with Crippen LogP contribution in [0, 0.1) is 6.92 Å². The first-order chi connectivity index (χ1) is 12.7. The number of nitrogens with zero attached hydrogens (tertiary/aromatic N) is 6. The summed E-state index contributed by atoms with van der Waals surface area (Å²) < 4.78 is 9.43. The number of rotatable bonds is 2. The maximum atomic E-state index is 6.49. The van der Waals surface area contributed by atoms with Gasteiger partial charge >= 0.3 is 0 Å². The highest BCUT2D eigenvalue weighted by molar-refractivity contribution is 6.36. The first-order valence-electron chi connectivity index (χ1n) is 8.47. The van der Waals surface area contributed by atoms with E-state index in [1.165, 1.54) is 0 Å². The first-order valence-corrected chi connectivity index (χ1v) is 8.85. The number of hydrogen-bond acceptors (Lipinski definition) is 5. The smallest absolute Gasteiger partial charge is 0.230 e. The van der Waals surface area contributed by atoms with Crippen LogP contribution in [0.3, 0.4) is 0 Å². The highest BCUT2D eigenvalue weighted by Crippen LogP contribution is 2.40. The van der Waals surface area contributed by atoms with Crippen molar-refractivity contribution in [2.24, 2.45) is 0 Å². The molecule has 0 atom stereocenters. The van der Waals surface area contributed by atoms with Crippen molar-refractivity contribution in [2.45, 2.75) is 25.7 Å². The van der Waals surface area contributed by atoms with Gasteiger partial charge in [-0.3, -0.25) is 8.80 Å². The Bertz CT molecular complexity index is 1330. The molecule has 0 aliphatic heterocycles. The summed E-state index contributed by atoms with van der Waals surface area (Å²) in [5, 5.41) is 5.71. The van der Waals surface area contributed by atoms with Gasteiger partial charge < -0.3 is 4.52 Å². The quantitative estimate of drug-likeness (QED) is 0.473. The van der Waals surface area contributed by atoms with E-state index < -0.39 is 0 Å². The second-order valence-corrected chi connectivity index (χ2v) is 7.13. The minimum absolute atomic E-state index is 0.403. The summed E-state index contributed by atoms with van der Waals surface area (Å²) in [4.78, 5) is 13.8. The molecule has 0 unspecified atom stereocenters. The van der Waals surface area contributed by atoms with Crippen molar-refractivity contribution in [3.05, 3.63) is 47.3 Å². The van der Waals surface area contributed by atoms with E-state index in [9.17, 15) is 0 Å². The van der Waals surface area contributed by atoms with E-state index in [4.69, 9.17) is 16.1 Å². The van der Waals surface area contributed by atoms with Crippen LogP contribution in [0.4, 0.5) is 0 Å². The number of fused-ring (bicyclic) bond motifs is 6. The van der Waals surface area contributed by atoms with Gasteiger partial charge in [0.25, 0.3) is 0 Å². The second kappa shape index (κ2) is 4.82. The van der Waals surface area contributed by atoms with E-state index in [-0.39, 0.29) is 0 Å². The van der Waals surface area contributed by atoms with E-state index in [2.05, 4.69) is 20.1 Å². The Morgan fingerprint density at radius 2 is 2.08 bits per heavy atom. The predicted molar refractivity (Wildman–Crippen MR) is 96.5 cm³/mol. The summed E-state index contributed by atoms with van der Waals surface area (Å²) >= 11 is 6.49. The number of hydrogen-bond donors (Lipinski definition) is 0. The minimum atomic E-state index is 0.403. The van der Waals surface area contributed by atoms with Gasteiger partial charge in [0.2, 0.25) is 11.7 Å². The van der Waals surface area contributed by atoms with Gasteiger partial charge in [-0.15, -0.1) is 0 Å². The highest BCUT2D eigenvalue weighted by atomic mass is 35.5. The molecule has 4 heterocycles. The van der Waals surface area contributed by atoms with Gasteiger partial charge in [-0.05, 0) is 31.9 Å². The molecular weight excluding hydrogens is 352 g/mol. The van der Waals surface area contributed by atoms with Crippen LogP contribution in [-0.2, 0) is 0 Å². The Hall–Kier alpha value is -2.93. The fraction of sp³-hybridized carbons (Fsp3) is 0.222. The molecule has 4 aromatic heterocycles. The zero-order chi connectivity index (χ0) is 17.4. The first kappa shape index (κ1) is 14.3. The van der Waals surface area contributed by atoms with Crippen LogP contribution >= 0.6 is 11.6 Å². The molecule has 1 aliphatic rings. The zero-order valence-electron chi connectivity index (χ0n) is 13.8. The number of aromatic nitrogens is 6. The summed E-state index contributed by atoms with van der Waals surface area (Å²) in [7, 11) is 0. The minimum Gasteiger partial charge on any atom is -0.339 e. The van der Waals surface area contributed by atoms with E-state index in [0.717, 1.165) is 40.7 Å². The van der Waals surface area contributed by atoms with Crippen LogP contribution in [0.5, 0.6) is 0 Å². The van der Waals surface area contributed by atoms with Crippen molar-refractivity contribution >= 4 is 33.8 Å². The molecule has 128 valence electrons. The Morgan fingerprint density at radius 1 is 1.19 bits per heavy atom. The third-order valence-electron chi connectivity index (χ3n) is 4.85. The molecule has 0 bridgehead atoms. The third kappa shape index (κ3) is 1.83. The van der Waals surface area contributed by atoms with Gasteiger partial charge in [-0.1, -0.05) is 22.8 Å². The van der Waals surface area contributed by atoms with E-state index in [1.807, 2.05) is 40.1 Å². The lowest BCUT2D eigenvalue weighted by Gasteiger charge is -2.08. The van der Waals surface area contributed by atoms with Crippen molar-refractivity contribution in [1.82, 2.24) is 28.9 Å². The van der Waals surface area contributed by atoms with Crippen molar-refractivity contribution in [2.75, 3.05) is 0 Å². The van der Waals surface area contributed by atoms with Gasteiger partial charge in [0.15, 0.2) is 11.3 Å². The number of aryl methyl sites for hydroxylation is 1. The van der Waals surface area contributed by atoms with Gasteiger partial charge in [0, 0.05) is 12.1 Å². The zero-order valence-corrected chi connectivity index (χ0v) is 14.6. The van der Waals surface area contributed by atoms with Gasteiger partial charge in [-0.25, -0.2) is 9.97 Å². The Balaban J connectivity index is 1.76. The monoisotopic (exact) mass is 364 g/mol. The van der Waals surface area contributed by atoms with Crippen molar-refractivity contribution in [1.29, 1.82) is 0 Å². The van der Waals surface area contributed by atoms with Crippen molar-refractivity contribution < 1.29 is 4.52 Å². The maximum Gasteiger partial charge on any atom is 0.230 e. The third-order valence-corrected chi connectivity index (χ3v) is 5.17. The van der Waals surface area contributed by atoms with Gasteiger partial charge in [0.05, 0.1) is 21.6 Å². The molecule has 1 aliphatic carbocycles. The molecular formula is C18H13ClN6O. The molecule has 7 nitrogen and oxygen atoms in total. The topological polar surface area (TPSA) is 73.5 Å². The lowest BCUT2D eigenvalue weighted by molar-refractivity contribution is 0.380. The molecule has 0 amide bonds. The predicted octanol–water partition coefficient (Wildman–Crippen LogP) is 4.02. The summed E-state index contributed by atoms with van der Waals surface area (Å²) in [6, 6.07) is 5.81. The van der Waals surface area contributed by atoms with Crippen molar-refractivity contribution in [3.8, 4) is 11.5 Å². The molecule has 5 aromatic rings. The lowest BCUT2D eigenvalue weighted by Crippen LogP contribution is -1.97. The van der Waals surface area contributed by atoms with E-state index in [1.54, 1.807) is 6.33 Å². The van der Waals surface area contributed by atoms with Crippen LogP contribution in [0.1, 0.15) is 30.3 Å². The Kier molecular flexibility index (Phi) is 2.65. The van der Waals surface area contributed by atoms with Crippen LogP contribution in [0.2, 0.25) is 5.02 Å². The SMILES string of the molecule is Cc1cn2c(n1)c1c(Cl)cccc1n1cnc(-c3noc(C4CC4)n3)c12. The molecule has 8 heteroatoms. The molecule has 6 rings (SSSR count). The number of imidazole rings is 2. The van der Waals surface area contributed by atoms with Crippen molar-refractivity contribution in [3.63, 3.8) is 0 Å². The molecule has 26 heavy (non-hydrogen) atoms. The Labute approximate surface area is 152 Å². The summed E-state index contributed by atoms with van der Waals surface area (Å²) in [5.74, 6) is 1.60. The summed E-state index contributed by atoms with van der Waals surface area (Å²) in [5.41, 5.74) is 4.15. The fourth-order valence-corrected chi connectivity index (χ4v) is 3.76. The standard InChI is InChI=1S/C18H13ClN6O/c1-9-7-24-16(21-9)13-11(19)3-2-4-12(13)25-8-20-14(18(24)25)15-22-17(26-23-15)10-5-6-10/h2-4,7-8,10H,5-6H2,1H3. The van der Waals surface area contributed by atoms with Crippen LogP contribution in [-0.4, -0.2) is 28.9 Å². The normalized spacial score (nSPS) is 14.8. The molecule has 1 aromatic carbocycles. The molecule has 1 fully saturated rings. The summed E-state index contributed by atoms with van der Waals surface area (Å²) in [6.45, 7) is 1.96. The molecule has 0 radical (unpaired) electrons. The average molecular weight is 365 g/mol. The highest BCUT2D eigenvalue weighted by Gasteiger charge is 2.30. The molecule has 0 saturated heterocycles. The van der Waals surface area contributed by atoms with Crippen LogP contribution in [0.25, 0.3) is 33.7 Å². The van der Waals surface area contributed by atoms with Crippen LogP contribution in [0.15, 0.2) is 35.2 Å². The van der Waals surface area contributed by atoms with Gasteiger partial charge in [0.1, 0.15) is 12.0 Å². The lowest BCUT2D eigenvalue weighted by atomic mass is 10.2. The van der Waals surface area contributed by atoms with E-state index >= 15 is 0 Å². The van der Waals surface area contributed by atoms with Gasteiger partial charge in [-0.2, -0.15) is 4.98 Å². The second-order valence-electron chi connectivity index (χ2n) is 6.73. The fourth-order valence-electron chi connectivity index (χ4n) is 3.50. The molecule has 1 saturated carbocycles. The largest absolute Gasteiger partial charge is 0.339 e. The number of benzene rings is 1. The number of halogens is 1. The maximum absolute atomic E-state index is 6.49. The van der Waals surface area contributed by atoms with Crippen LogP contribution < -0.4 is 0 Å². The molecule has 0 spiro atoms. The Morgan fingerprint density at radius 3 is 2.92 bits per heavy atom. The summed E-state index contributed by atoms with van der Waals surface area (Å²) in [6.07, 6.45) is 5.96. The molecule has 0 N–H and O–H groups in total. The van der Waals surface area contributed by atoms with E-state index in [0.29, 0.717) is 28.3 Å².